The molecule has 0 saturated carbocycles. The lowest BCUT2D eigenvalue weighted by Gasteiger charge is -2.21. The Balaban J connectivity index is 2.08. The number of nitrogens with zero attached hydrogens (tertiary/aromatic N) is 4. The lowest BCUT2D eigenvalue weighted by Crippen LogP contribution is -2.31. The van der Waals surface area contributed by atoms with Crippen molar-refractivity contribution in [2.24, 2.45) is 0 Å². The van der Waals surface area contributed by atoms with Crippen LogP contribution in [0.25, 0.3) is 5.65 Å². The molecule has 0 spiro atoms. The first-order chi connectivity index (χ1) is 10.1. The average molecular weight is 290 g/mol. The monoisotopic (exact) mass is 290 g/mol. The Morgan fingerprint density at radius 1 is 1.29 bits per heavy atom. The maximum Gasteiger partial charge on any atom is 0.180 e. The molecule has 6 nitrogen and oxygen atoms in total. The number of nitrogens with one attached hydrogen (secondary N) is 2. The van der Waals surface area contributed by atoms with E-state index in [9.17, 15) is 0 Å². The van der Waals surface area contributed by atoms with Gasteiger partial charge >= 0.3 is 0 Å². The molecular formula is C15H26N6. The van der Waals surface area contributed by atoms with Crippen LogP contribution in [0.5, 0.6) is 0 Å². The third kappa shape index (κ3) is 4.07. The van der Waals surface area contributed by atoms with Crippen LogP contribution in [0, 0.1) is 0 Å². The molecular weight excluding hydrogens is 264 g/mol. The fourth-order valence-corrected chi connectivity index (χ4v) is 2.00. The van der Waals surface area contributed by atoms with Crippen molar-refractivity contribution in [3.8, 4) is 0 Å². The molecule has 0 amide bonds. The molecule has 0 aliphatic rings. The van der Waals surface area contributed by atoms with Crippen LogP contribution in [-0.4, -0.2) is 52.0 Å². The van der Waals surface area contributed by atoms with E-state index in [4.69, 9.17) is 0 Å². The van der Waals surface area contributed by atoms with Gasteiger partial charge in [0.1, 0.15) is 5.82 Å². The summed E-state index contributed by atoms with van der Waals surface area (Å²) in [5, 5.41) is 6.72. The van der Waals surface area contributed by atoms with E-state index < -0.39 is 0 Å². The molecule has 0 aromatic carbocycles. The van der Waals surface area contributed by atoms with Gasteiger partial charge in [-0.05, 0) is 27.3 Å². The van der Waals surface area contributed by atoms with E-state index in [2.05, 4.69) is 53.3 Å². The zero-order chi connectivity index (χ0) is 15.2. The minimum atomic E-state index is 0.545. The van der Waals surface area contributed by atoms with Gasteiger partial charge in [0.25, 0.3) is 0 Å². The van der Waals surface area contributed by atoms with Gasteiger partial charge in [0.2, 0.25) is 0 Å². The van der Waals surface area contributed by atoms with E-state index in [1.54, 1.807) is 6.20 Å². The minimum Gasteiger partial charge on any atom is -0.369 e. The van der Waals surface area contributed by atoms with Crippen LogP contribution in [0.15, 0.2) is 18.6 Å². The van der Waals surface area contributed by atoms with Crippen LogP contribution < -0.4 is 10.6 Å². The van der Waals surface area contributed by atoms with E-state index in [0.717, 1.165) is 43.3 Å². The largest absolute Gasteiger partial charge is 0.369 e. The topological polar surface area (TPSA) is 57.5 Å². The molecule has 0 atom stereocenters. The molecule has 0 aliphatic carbocycles. The Morgan fingerprint density at radius 2 is 2.10 bits per heavy atom. The van der Waals surface area contributed by atoms with Gasteiger partial charge in [-0.15, -0.1) is 0 Å². The van der Waals surface area contributed by atoms with Gasteiger partial charge in [-0.25, -0.2) is 9.97 Å². The molecule has 0 radical (unpaired) electrons. The van der Waals surface area contributed by atoms with Crippen LogP contribution in [0.4, 0.5) is 11.6 Å². The van der Waals surface area contributed by atoms with Crippen LogP contribution in [-0.2, 0) is 0 Å². The smallest absolute Gasteiger partial charge is 0.180 e. The molecule has 0 unspecified atom stereocenters. The lowest BCUT2D eigenvalue weighted by molar-refractivity contribution is 0.284. The highest BCUT2D eigenvalue weighted by atomic mass is 15.2. The average Bonchev–Trinajstić information content (AvgIpc) is 2.93. The van der Waals surface area contributed by atoms with Crippen LogP contribution in [0.1, 0.15) is 27.2 Å². The van der Waals surface area contributed by atoms with E-state index in [-0.39, 0.29) is 0 Å². The molecule has 21 heavy (non-hydrogen) atoms. The van der Waals surface area contributed by atoms with E-state index in [0.29, 0.717) is 6.04 Å². The van der Waals surface area contributed by atoms with Crippen LogP contribution in [0.2, 0.25) is 0 Å². The standard InChI is InChI=1S/C15H26N6/c1-5-6-16-13-11-21-10-8-18-15(21)14(19-13)17-7-9-20(4)12(2)3/h8,10-12,16H,5-7,9H2,1-4H3,(H,17,19). The fraction of sp³-hybridized carbons (Fsp3) is 0.600. The minimum absolute atomic E-state index is 0.545. The van der Waals surface area contributed by atoms with E-state index in [1.165, 1.54) is 0 Å². The van der Waals surface area contributed by atoms with Crippen molar-refractivity contribution in [1.29, 1.82) is 0 Å². The predicted octanol–water partition coefficient (Wildman–Crippen LogP) is 2.30. The predicted molar refractivity (Wildman–Crippen MR) is 88.0 cm³/mol. The molecule has 2 aromatic heterocycles. The number of anilines is 2. The Morgan fingerprint density at radius 3 is 2.81 bits per heavy atom. The third-order valence-corrected chi connectivity index (χ3v) is 3.57. The summed E-state index contributed by atoms with van der Waals surface area (Å²) in [5.74, 6) is 1.71. The molecule has 2 N–H and O–H groups in total. The summed E-state index contributed by atoms with van der Waals surface area (Å²) in [5.41, 5.74) is 0.865. The third-order valence-electron chi connectivity index (χ3n) is 3.57. The number of likely N-dealkylation sites (N-methyl/N-ethyl adjacent to an activating group) is 1. The molecule has 0 fully saturated rings. The maximum atomic E-state index is 4.63. The summed E-state index contributed by atoms with van der Waals surface area (Å²) < 4.78 is 2.00. The summed E-state index contributed by atoms with van der Waals surface area (Å²) in [6.07, 6.45) is 6.79. The zero-order valence-corrected chi connectivity index (χ0v) is 13.4. The molecule has 0 saturated heterocycles. The van der Waals surface area contributed by atoms with Crippen molar-refractivity contribution in [3.05, 3.63) is 18.6 Å². The van der Waals surface area contributed by atoms with E-state index in [1.807, 2.05) is 16.8 Å². The normalized spacial score (nSPS) is 11.5. The molecule has 0 aliphatic heterocycles. The summed E-state index contributed by atoms with van der Waals surface area (Å²) in [6, 6.07) is 0.545. The highest BCUT2D eigenvalue weighted by Crippen LogP contribution is 2.16. The Bertz CT molecular complexity index is 562. The van der Waals surface area contributed by atoms with Gasteiger partial charge in [-0.3, -0.25) is 0 Å². The van der Waals surface area contributed by atoms with Gasteiger partial charge in [-0.1, -0.05) is 6.92 Å². The summed E-state index contributed by atoms with van der Waals surface area (Å²) >= 11 is 0. The van der Waals surface area contributed by atoms with Gasteiger partial charge in [0.05, 0.1) is 6.20 Å². The number of hydrogen-bond acceptors (Lipinski definition) is 5. The first-order valence-corrected chi connectivity index (χ1v) is 7.63. The first kappa shape index (κ1) is 15.6. The molecule has 2 rings (SSSR count). The maximum absolute atomic E-state index is 4.63. The van der Waals surface area contributed by atoms with Crippen molar-refractivity contribution in [3.63, 3.8) is 0 Å². The van der Waals surface area contributed by atoms with Crippen LogP contribution >= 0.6 is 0 Å². The number of rotatable bonds is 8. The number of fused-ring (bicyclic) bond motifs is 1. The number of imidazole rings is 1. The Hall–Kier alpha value is -1.82. The quantitative estimate of drug-likeness (QED) is 0.781. The van der Waals surface area contributed by atoms with Gasteiger partial charge < -0.3 is 19.9 Å². The first-order valence-electron chi connectivity index (χ1n) is 7.63. The number of hydrogen-bond donors (Lipinski definition) is 2. The van der Waals surface area contributed by atoms with Crippen molar-refractivity contribution < 1.29 is 0 Å². The highest BCUT2D eigenvalue weighted by molar-refractivity contribution is 5.65. The second-order valence-electron chi connectivity index (χ2n) is 5.56. The second kappa shape index (κ2) is 7.26. The van der Waals surface area contributed by atoms with Crippen LogP contribution in [0.3, 0.4) is 0 Å². The lowest BCUT2D eigenvalue weighted by atomic mass is 10.3. The Kier molecular flexibility index (Phi) is 5.38. The molecule has 6 heteroatoms. The highest BCUT2D eigenvalue weighted by Gasteiger charge is 2.08. The van der Waals surface area contributed by atoms with Gasteiger partial charge in [-0.2, -0.15) is 0 Å². The summed E-state index contributed by atoms with van der Waals surface area (Å²) in [6.45, 7) is 9.27. The fourth-order valence-electron chi connectivity index (χ4n) is 2.00. The van der Waals surface area contributed by atoms with Crippen molar-refractivity contribution in [2.75, 3.05) is 37.3 Å². The molecule has 2 aromatic rings. The van der Waals surface area contributed by atoms with Gasteiger partial charge in [0.15, 0.2) is 11.5 Å². The molecule has 116 valence electrons. The SMILES string of the molecule is CCCNc1cn2ccnc2c(NCCN(C)C(C)C)n1. The van der Waals surface area contributed by atoms with Crippen molar-refractivity contribution >= 4 is 17.3 Å². The van der Waals surface area contributed by atoms with Gasteiger partial charge in [0, 0.05) is 38.1 Å². The van der Waals surface area contributed by atoms with E-state index >= 15 is 0 Å². The number of aromatic nitrogens is 3. The molecule has 0 bridgehead atoms. The Labute approximate surface area is 126 Å². The summed E-state index contributed by atoms with van der Waals surface area (Å²) in [4.78, 5) is 11.3. The zero-order valence-electron chi connectivity index (χ0n) is 13.4. The van der Waals surface area contributed by atoms with Crippen molar-refractivity contribution in [1.82, 2.24) is 19.3 Å². The summed E-state index contributed by atoms with van der Waals surface area (Å²) in [7, 11) is 2.13. The van der Waals surface area contributed by atoms with Crippen molar-refractivity contribution in [2.45, 2.75) is 33.2 Å². The second-order valence-corrected chi connectivity index (χ2v) is 5.56. The molecule has 2 heterocycles.